The van der Waals surface area contributed by atoms with E-state index in [2.05, 4.69) is 0 Å². The van der Waals surface area contributed by atoms with Crippen LogP contribution in [0.1, 0.15) is 13.3 Å². The molecule has 3 atom stereocenters. The number of nitrogens with two attached hydrogens (primary N) is 1. The van der Waals surface area contributed by atoms with Crippen LogP contribution in [0.15, 0.2) is 0 Å². The molecule has 0 radical (unpaired) electrons. The lowest BCUT2D eigenvalue weighted by atomic mass is 10.1. The number of nitrogens with zero attached hydrogens (tertiary/aromatic N) is 1. The number of carbonyl (C=O) groups is 2. The molecule has 0 aromatic heterocycles. The van der Waals surface area contributed by atoms with Gasteiger partial charge in [-0.05, 0) is 6.92 Å². The molecule has 1 amide bonds. The Bertz CT molecular complexity index is 431. The molecule has 1 aliphatic rings. The van der Waals surface area contributed by atoms with Crippen molar-refractivity contribution >= 4 is 21.9 Å². The molecule has 1 fully saturated rings. The van der Waals surface area contributed by atoms with Gasteiger partial charge in [-0.25, -0.2) is 18.4 Å². The minimum absolute atomic E-state index is 0.306. The highest BCUT2D eigenvalue weighted by Crippen LogP contribution is 2.20. The van der Waals surface area contributed by atoms with Crippen molar-refractivity contribution in [2.75, 3.05) is 6.54 Å². The molecule has 4 N–H and O–H groups in total. The maximum atomic E-state index is 11.5. The normalized spacial score (nSPS) is 24.8. The molecule has 3 unspecified atom stereocenters. The molecule has 0 aromatic carbocycles. The Balaban J connectivity index is 2.94. The van der Waals surface area contributed by atoms with Crippen molar-refractivity contribution in [1.29, 1.82) is 0 Å². The number of aliphatic hydroxyl groups is 1. The zero-order valence-corrected chi connectivity index (χ0v) is 9.92. The smallest absolute Gasteiger partial charge is 0.329 e. The SMILES string of the molecule is CC(O)C(C(=O)O)N1CC(S(N)(=O)=O)CC1=O. The van der Waals surface area contributed by atoms with Gasteiger partial charge in [0.1, 0.15) is 5.25 Å². The van der Waals surface area contributed by atoms with Crippen LogP contribution in [0.25, 0.3) is 0 Å². The van der Waals surface area contributed by atoms with Gasteiger partial charge in [0.05, 0.1) is 6.10 Å². The predicted octanol–water partition coefficient (Wildman–Crippen LogP) is -2.29. The fraction of sp³-hybridized carbons (Fsp3) is 0.750. The van der Waals surface area contributed by atoms with Gasteiger partial charge in [0, 0.05) is 13.0 Å². The van der Waals surface area contributed by atoms with Crippen LogP contribution in [-0.2, 0) is 19.6 Å². The second-order valence-corrected chi connectivity index (χ2v) is 5.83. The summed E-state index contributed by atoms with van der Waals surface area (Å²) in [4.78, 5) is 23.2. The highest BCUT2D eigenvalue weighted by molar-refractivity contribution is 7.89. The number of carboxylic acid groups (broad SMARTS) is 1. The third-order valence-corrected chi connectivity index (χ3v) is 3.88. The van der Waals surface area contributed by atoms with Crippen LogP contribution in [-0.4, -0.2) is 59.3 Å². The second-order valence-electron chi connectivity index (χ2n) is 3.98. The summed E-state index contributed by atoms with van der Waals surface area (Å²) in [7, 11) is -3.89. The first-order valence-corrected chi connectivity index (χ1v) is 6.47. The lowest BCUT2D eigenvalue weighted by Gasteiger charge is -2.26. The minimum atomic E-state index is -3.89. The average Bonchev–Trinajstić information content (AvgIpc) is 2.46. The monoisotopic (exact) mass is 266 g/mol. The summed E-state index contributed by atoms with van der Waals surface area (Å²) in [5, 5.41) is 22.0. The molecule has 17 heavy (non-hydrogen) atoms. The molecule has 1 rings (SSSR count). The molecule has 1 heterocycles. The lowest BCUT2D eigenvalue weighted by Crippen LogP contribution is -2.49. The zero-order chi connectivity index (χ0) is 13.4. The van der Waals surface area contributed by atoms with Gasteiger partial charge in [-0.2, -0.15) is 0 Å². The molecule has 0 saturated carbocycles. The number of amides is 1. The Labute approximate surface area is 98.1 Å². The van der Waals surface area contributed by atoms with E-state index in [-0.39, 0.29) is 13.0 Å². The summed E-state index contributed by atoms with van der Waals surface area (Å²) in [6.07, 6.45) is -1.65. The van der Waals surface area contributed by atoms with Crippen LogP contribution in [0.5, 0.6) is 0 Å². The first-order valence-electron chi connectivity index (χ1n) is 4.86. The van der Waals surface area contributed by atoms with Crippen molar-refractivity contribution in [1.82, 2.24) is 4.90 Å². The van der Waals surface area contributed by atoms with E-state index < -0.39 is 39.3 Å². The Kier molecular flexibility index (Phi) is 3.74. The van der Waals surface area contributed by atoms with Crippen LogP contribution >= 0.6 is 0 Å². The van der Waals surface area contributed by atoms with Crippen molar-refractivity contribution in [3.8, 4) is 0 Å². The van der Waals surface area contributed by atoms with Gasteiger partial charge in [0.2, 0.25) is 15.9 Å². The number of carboxylic acids is 1. The van der Waals surface area contributed by atoms with Crippen molar-refractivity contribution < 1.29 is 28.2 Å². The summed E-state index contributed by atoms with van der Waals surface area (Å²) in [6, 6.07) is -1.45. The largest absolute Gasteiger partial charge is 0.480 e. The number of rotatable bonds is 4. The lowest BCUT2D eigenvalue weighted by molar-refractivity contribution is -0.152. The first kappa shape index (κ1) is 13.9. The number of carbonyl (C=O) groups excluding carboxylic acids is 1. The van der Waals surface area contributed by atoms with E-state index in [1.807, 2.05) is 0 Å². The van der Waals surface area contributed by atoms with Crippen LogP contribution in [0, 0.1) is 0 Å². The number of aliphatic hydroxyl groups excluding tert-OH is 1. The number of sulfonamides is 1. The van der Waals surface area contributed by atoms with Gasteiger partial charge >= 0.3 is 5.97 Å². The number of likely N-dealkylation sites (tertiary alicyclic amines) is 1. The van der Waals surface area contributed by atoms with E-state index in [4.69, 9.17) is 10.2 Å². The molecule has 98 valence electrons. The Morgan fingerprint density at radius 2 is 2.12 bits per heavy atom. The number of hydrogen-bond donors (Lipinski definition) is 3. The minimum Gasteiger partial charge on any atom is -0.480 e. The van der Waals surface area contributed by atoms with Crippen LogP contribution in [0.2, 0.25) is 0 Å². The molecule has 1 saturated heterocycles. The van der Waals surface area contributed by atoms with Gasteiger partial charge in [0.25, 0.3) is 0 Å². The number of hydrogen-bond acceptors (Lipinski definition) is 5. The molecule has 0 aromatic rings. The van der Waals surface area contributed by atoms with Gasteiger partial charge < -0.3 is 15.1 Å². The van der Waals surface area contributed by atoms with Gasteiger partial charge in [-0.3, -0.25) is 4.79 Å². The third kappa shape index (κ3) is 2.93. The van der Waals surface area contributed by atoms with Gasteiger partial charge in [0.15, 0.2) is 6.04 Å². The van der Waals surface area contributed by atoms with Gasteiger partial charge in [-0.15, -0.1) is 0 Å². The highest BCUT2D eigenvalue weighted by Gasteiger charge is 2.43. The Morgan fingerprint density at radius 1 is 1.59 bits per heavy atom. The summed E-state index contributed by atoms with van der Waals surface area (Å²) in [6.45, 7) is 0.913. The maximum Gasteiger partial charge on any atom is 0.329 e. The van der Waals surface area contributed by atoms with Gasteiger partial charge in [-0.1, -0.05) is 0 Å². The van der Waals surface area contributed by atoms with E-state index in [9.17, 15) is 23.1 Å². The predicted molar refractivity (Wildman–Crippen MR) is 56.3 cm³/mol. The molecular formula is C8H14N2O6S. The number of aliphatic carboxylic acids is 1. The van der Waals surface area contributed by atoms with Crippen molar-refractivity contribution in [3.05, 3.63) is 0 Å². The fourth-order valence-corrected chi connectivity index (χ4v) is 2.53. The summed E-state index contributed by atoms with van der Waals surface area (Å²) in [5.74, 6) is -2.03. The van der Waals surface area contributed by atoms with Crippen LogP contribution < -0.4 is 5.14 Å². The quantitative estimate of drug-likeness (QED) is 0.523. The molecule has 0 bridgehead atoms. The van der Waals surface area contributed by atoms with Crippen LogP contribution in [0.4, 0.5) is 0 Å². The van der Waals surface area contributed by atoms with Crippen molar-refractivity contribution in [3.63, 3.8) is 0 Å². The summed E-state index contributed by atoms with van der Waals surface area (Å²) < 4.78 is 22.2. The second kappa shape index (κ2) is 4.59. The molecular weight excluding hydrogens is 252 g/mol. The van der Waals surface area contributed by atoms with E-state index in [1.165, 1.54) is 6.92 Å². The molecule has 0 aliphatic carbocycles. The third-order valence-electron chi connectivity index (χ3n) is 2.63. The standard InChI is InChI=1S/C8H14N2O6S/c1-4(11)7(8(13)14)10-3-5(2-6(10)12)17(9,15)16/h4-5,7,11H,2-3H2,1H3,(H,13,14)(H2,9,15,16). The first-order chi connectivity index (χ1) is 7.64. The van der Waals surface area contributed by atoms with E-state index in [0.717, 1.165) is 4.90 Å². The molecule has 9 heteroatoms. The number of primary sulfonamides is 1. The fourth-order valence-electron chi connectivity index (χ4n) is 1.79. The zero-order valence-electron chi connectivity index (χ0n) is 9.11. The van der Waals surface area contributed by atoms with Crippen molar-refractivity contribution in [2.24, 2.45) is 5.14 Å². The topological polar surface area (TPSA) is 138 Å². The summed E-state index contributed by atoms with van der Waals surface area (Å²) >= 11 is 0. The Morgan fingerprint density at radius 3 is 2.41 bits per heavy atom. The van der Waals surface area contributed by atoms with E-state index >= 15 is 0 Å². The molecule has 1 aliphatic heterocycles. The van der Waals surface area contributed by atoms with Crippen LogP contribution in [0.3, 0.4) is 0 Å². The van der Waals surface area contributed by atoms with E-state index in [1.54, 1.807) is 0 Å². The van der Waals surface area contributed by atoms with Crippen molar-refractivity contribution in [2.45, 2.75) is 30.7 Å². The maximum absolute atomic E-state index is 11.5. The Hall–Kier alpha value is -1.19. The van der Waals surface area contributed by atoms with E-state index in [0.29, 0.717) is 0 Å². The highest BCUT2D eigenvalue weighted by atomic mass is 32.2. The average molecular weight is 266 g/mol. The molecule has 8 nitrogen and oxygen atoms in total. The summed E-state index contributed by atoms with van der Waals surface area (Å²) in [5.41, 5.74) is 0. The molecule has 0 spiro atoms.